The van der Waals surface area contributed by atoms with E-state index in [2.05, 4.69) is 5.32 Å². The number of halogens is 1. The average Bonchev–Trinajstić information content (AvgIpc) is 2.68. The van der Waals surface area contributed by atoms with Gasteiger partial charge < -0.3 is 5.32 Å². The molecule has 2 bridgehead atoms. The molecule has 90 valence electrons. The summed E-state index contributed by atoms with van der Waals surface area (Å²) in [4.78, 5) is 12.4. The molecule has 2 nitrogen and oxygen atoms in total. The molecule has 2 heterocycles. The molecule has 2 saturated heterocycles. The number of fused-ring (bicyclic) bond motifs is 2. The number of rotatable bonds is 2. The molecule has 0 aromatic heterocycles. The minimum absolute atomic E-state index is 0.161. The van der Waals surface area contributed by atoms with Gasteiger partial charge in [0, 0.05) is 23.6 Å². The first-order valence-electron chi connectivity index (χ1n) is 6.29. The number of hydrogen-bond donors (Lipinski definition) is 1. The Hall–Kier alpha value is -0.860. The summed E-state index contributed by atoms with van der Waals surface area (Å²) in [5.41, 5.74) is 0.695. The molecule has 1 N–H and O–H groups in total. The summed E-state index contributed by atoms with van der Waals surface area (Å²) < 4.78 is 0. The molecule has 2 unspecified atom stereocenters. The second-order valence-corrected chi connectivity index (χ2v) is 5.56. The lowest BCUT2D eigenvalue weighted by Crippen LogP contribution is -2.40. The normalized spacial score (nSPS) is 31.5. The summed E-state index contributed by atoms with van der Waals surface area (Å²) in [6.45, 7) is 0. The molecule has 3 rings (SSSR count). The average molecular weight is 250 g/mol. The molecular weight excluding hydrogens is 234 g/mol. The third-order valence-corrected chi connectivity index (χ3v) is 4.31. The Bertz CT molecular complexity index is 434. The van der Waals surface area contributed by atoms with Gasteiger partial charge in [0.2, 0.25) is 0 Å². The van der Waals surface area contributed by atoms with Crippen LogP contribution in [-0.2, 0) is 0 Å². The van der Waals surface area contributed by atoms with Gasteiger partial charge in [-0.3, -0.25) is 4.79 Å². The molecule has 0 aliphatic carbocycles. The van der Waals surface area contributed by atoms with E-state index in [-0.39, 0.29) is 11.7 Å². The number of nitrogens with one attached hydrogen (secondary N) is 1. The van der Waals surface area contributed by atoms with Gasteiger partial charge in [-0.1, -0.05) is 23.7 Å². The van der Waals surface area contributed by atoms with Crippen LogP contribution in [0.2, 0.25) is 5.02 Å². The Morgan fingerprint density at radius 2 is 1.82 bits per heavy atom. The van der Waals surface area contributed by atoms with E-state index in [9.17, 15) is 4.79 Å². The highest BCUT2D eigenvalue weighted by Crippen LogP contribution is 2.33. The van der Waals surface area contributed by atoms with E-state index >= 15 is 0 Å². The first-order chi connectivity index (χ1) is 8.24. The third kappa shape index (κ3) is 2.12. The van der Waals surface area contributed by atoms with Crippen molar-refractivity contribution in [2.75, 3.05) is 0 Å². The summed E-state index contributed by atoms with van der Waals surface area (Å²) >= 11 is 6.09. The third-order valence-electron chi connectivity index (χ3n) is 3.98. The maximum absolute atomic E-state index is 12.4. The zero-order valence-electron chi connectivity index (χ0n) is 9.66. The molecule has 2 aliphatic rings. The molecule has 1 aromatic rings. The highest BCUT2D eigenvalue weighted by Gasteiger charge is 2.37. The van der Waals surface area contributed by atoms with Crippen molar-refractivity contribution >= 4 is 17.4 Å². The van der Waals surface area contributed by atoms with E-state index in [4.69, 9.17) is 11.6 Å². The maximum Gasteiger partial charge on any atom is 0.167 e. The lowest BCUT2D eigenvalue weighted by molar-refractivity contribution is 0.0876. The van der Waals surface area contributed by atoms with Crippen molar-refractivity contribution in [3.63, 3.8) is 0 Å². The topological polar surface area (TPSA) is 29.1 Å². The lowest BCUT2D eigenvalue weighted by atomic mass is 9.86. The van der Waals surface area contributed by atoms with Crippen molar-refractivity contribution in [2.24, 2.45) is 5.92 Å². The Morgan fingerprint density at radius 1 is 1.18 bits per heavy atom. The quantitative estimate of drug-likeness (QED) is 0.817. The first-order valence-corrected chi connectivity index (χ1v) is 6.66. The van der Waals surface area contributed by atoms with Crippen molar-refractivity contribution in [3.8, 4) is 0 Å². The number of carbonyl (C=O) groups is 1. The highest BCUT2D eigenvalue weighted by atomic mass is 35.5. The summed E-state index contributed by atoms with van der Waals surface area (Å²) in [5, 5.41) is 4.14. The van der Waals surface area contributed by atoms with Crippen LogP contribution in [-0.4, -0.2) is 17.9 Å². The summed E-state index contributed by atoms with van der Waals surface area (Å²) in [6, 6.07) is 8.48. The van der Waals surface area contributed by atoms with E-state index in [1.807, 2.05) is 18.2 Å². The Morgan fingerprint density at radius 3 is 2.47 bits per heavy atom. The van der Waals surface area contributed by atoms with E-state index in [0.29, 0.717) is 22.7 Å². The van der Waals surface area contributed by atoms with E-state index in [1.54, 1.807) is 6.07 Å². The van der Waals surface area contributed by atoms with Crippen LogP contribution in [0.5, 0.6) is 0 Å². The molecule has 1 aromatic carbocycles. The molecule has 0 radical (unpaired) electrons. The van der Waals surface area contributed by atoms with E-state index < -0.39 is 0 Å². The smallest absolute Gasteiger partial charge is 0.167 e. The monoisotopic (exact) mass is 249 g/mol. The van der Waals surface area contributed by atoms with E-state index in [0.717, 1.165) is 12.8 Å². The molecular formula is C14H16ClNO. The van der Waals surface area contributed by atoms with Gasteiger partial charge in [-0.25, -0.2) is 0 Å². The fraction of sp³-hybridized carbons (Fsp3) is 0.500. The van der Waals surface area contributed by atoms with Gasteiger partial charge in [-0.15, -0.1) is 0 Å². The fourth-order valence-corrected chi connectivity index (χ4v) is 3.38. The maximum atomic E-state index is 12.4. The SMILES string of the molecule is O=C(c1ccccc1Cl)C1CC2CCC(C1)N2. The first kappa shape index (κ1) is 11.2. The Balaban J connectivity index is 1.81. The van der Waals surface area contributed by atoms with Crippen LogP contribution >= 0.6 is 11.6 Å². The van der Waals surface area contributed by atoms with Gasteiger partial charge in [-0.2, -0.15) is 0 Å². The van der Waals surface area contributed by atoms with Crippen molar-refractivity contribution in [1.29, 1.82) is 0 Å². The fourth-order valence-electron chi connectivity index (χ4n) is 3.15. The Labute approximate surface area is 106 Å². The van der Waals surface area contributed by atoms with Crippen molar-refractivity contribution < 1.29 is 4.79 Å². The minimum atomic E-state index is 0.161. The van der Waals surface area contributed by atoms with Crippen molar-refractivity contribution in [1.82, 2.24) is 5.32 Å². The molecule has 3 heteroatoms. The van der Waals surface area contributed by atoms with Crippen LogP contribution < -0.4 is 5.32 Å². The van der Waals surface area contributed by atoms with E-state index in [1.165, 1.54) is 12.8 Å². The summed E-state index contributed by atoms with van der Waals surface area (Å²) in [7, 11) is 0. The number of benzene rings is 1. The zero-order valence-corrected chi connectivity index (χ0v) is 10.4. The number of hydrogen-bond acceptors (Lipinski definition) is 2. The van der Waals surface area contributed by atoms with Gasteiger partial charge in [0.05, 0.1) is 5.02 Å². The largest absolute Gasteiger partial charge is 0.311 e. The van der Waals surface area contributed by atoms with Crippen LogP contribution in [0.15, 0.2) is 24.3 Å². The van der Waals surface area contributed by atoms with Crippen LogP contribution in [0.25, 0.3) is 0 Å². The molecule has 0 spiro atoms. The standard InChI is InChI=1S/C14H16ClNO/c15-13-4-2-1-3-12(13)14(17)9-7-10-5-6-11(8-9)16-10/h1-4,9-11,16H,5-8H2. The highest BCUT2D eigenvalue weighted by molar-refractivity contribution is 6.34. The molecule has 17 heavy (non-hydrogen) atoms. The number of ketones is 1. The van der Waals surface area contributed by atoms with Crippen LogP contribution in [0.4, 0.5) is 0 Å². The van der Waals surface area contributed by atoms with Crippen molar-refractivity contribution in [2.45, 2.75) is 37.8 Å². The van der Waals surface area contributed by atoms with Crippen LogP contribution in [0.3, 0.4) is 0 Å². The molecule has 2 atom stereocenters. The summed E-state index contributed by atoms with van der Waals surface area (Å²) in [6.07, 6.45) is 4.38. The van der Waals surface area contributed by atoms with Crippen LogP contribution in [0, 0.1) is 5.92 Å². The predicted molar refractivity (Wildman–Crippen MR) is 68.5 cm³/mol. The zero-order chi connectivity index (χ0) is 11.8. The second kappa shape index (κ2) is 4.43. The number of Topliss-reactive ketones (excluding diaryl/α,β-unsaturated/α-hetero) is 1. The molecule has 0 saturated carbocycles. The van der Waals surface area contributed by atoms with Gasteiger partial charge in [-0.05, 0) is 37.8 Å². The molecule has 2 fully saturated rings. The van der Waals surface area contributed by atoms with Gasteiger partial charge >= 0.3 is 0 Å². The van der Waals surface area contributed by atoms with Gasteiger partial charge in [0.15, 0.2) is 5.78 Å². The van der Waals surface area contributed by atoms with Crippen LogP contribution in [0.1, 0.15) is 36.0 Å². The number of piperidine rings is 1. The van der Waals surface area contributed by atoms with Gasteiger partial charge in [0.25, 0.3) is 0 Å². The van der Waals surface area contributed by atoms with Gasteiger partial charge in [0.1, 0.15) is 0 Å². The lowest BCUT2D eigenvalue weighted by Gasteiger charge is -2.28. The molecule has 0 amide bonds. The summed E-state index contributed by atoms with van der Waals surface area (Å²) in [5.74, 6) is 0.391. The second-order valence-electron chi connectivity index (χ2n) is 5.15. The number of carbonyl (C=O) groups excluding carboxylic acids is 1. The van der Waals surface area contributed by atoms with Crippen molar-refractivity contribution in [3.05, 3.63) is 34.9 Å². The molecule has 2 aliphatic heterocycles. The minimum Gasteiger partial charge on any atom is -0.311 e. The predicted octanol–water partition coefficient (Wildman–Crippen LogP) is 3.05. The Kier molecular flexibility index (Phi) is 2.93.